The van der Waals surface area contributed by atoms with Crippen LogP contribution in [0.25, 0.3) is 6.08 Å². The summed E-state index contributed by atoms with van der Waals surface area (Å²) >= 11 is 0. The van der Waals surface area contributed by atoms with Gasteiger partial charge in [-0.1, -0.05) is 31.0 Å². The molecule has 0 saturated carbocycles. The van der Waals surface area contributed by atoms with E-state index >= 15 is 0 Å². The molecule has 0 aliphatic carbocycles. The molecular weight excluding hydrogens is 447 g/mol. The molecule has 1 aliphatic heterocycles. The first-order chi connectivity index (χ1) is 15.8. The van der Waals surface area contributed by atoms with E-state index < -0.39 is 34.3 Å². The van der Waals surface area contributed by atoms with Gasteiger partial charge < -0.3 is 10.1 Å². The number of amides is 1. The van der Waals surface area contributed by atoms with Gasteiger partial charge in [-0.15, -0.1) is 0 Å². The molecule has 176 valence electrons. The van der Waals surface area contributed by atoms with Gasteiger partial charge >= 0.3 is 5.97 Å². The maximum absolute atomic E-state index is 13.2. The van der Waals surface area contributed by atoms with Crippen molar-refractivity contribution >= 4 is 33.7 Å². The lowest BCUT2D eigenvalue weighted by molar-refractivity contribution is -0.142. The molecule has 0 atom stereocenters. The van der Waals surface area contributed by atoms with E-state index in [4.69, 9.17) is 4.74 Å². The maximum atomic E-state index is 13.2. The van der Waals surface area contributed by atoms with Crippen LogP contribution in [0, 0.1) is 12.7 Å². The number of nitrogens with one attached hydrogen (secondary N) is 1. The molecule has 0 spiro atoms. The Morgan fingerprint density at radius 3 is 2.52 bits per heavy atom. The van der Waals surface area contributed by atoms with E-state index in [0.29, 0.717) is 29.9 Å². The van der Waals surface area contributed by atoms with Crippen LogP contribution in [0.5, 0.6) is 0 Å². The molecule has 1 aliphatic rings. The molecule has 1 fully saturated rings. The molecule has 1 saturated heterocycles. The second-order valence-electron chi connectivity index (χ2n) is 7.84. The third-order valence-corrected chi connectivity index (χ3v) is 7.30. The zero-order valence-corrected chi connectivity index (χ0v) is 19.2. The molecule has 0 bridgehead atoms. The van der Waals surface area contributed by atoms with Crippen LogP contribution < -0.4 is 5.32 Å². The lowest BCUT2D eigenvalue weighted by atomic mass is 10.2. The molecule has 1 N–H and O–H groups in total. The largest absolute Gasteiger partial charge is 0.452 e. The predicted molar refractivity (Wildman–Crippen MR) is 123 cm³/mol. The molecule has 0 unspecified atom stereocenters. The van der Waals surface area contributed by atoms with E-state index in [0.717, 1.165) is 31.8 Å². The van der Waals surface area contributed by atoms with Crippen molar-refractivity contribution in [3.63, 3.8) is 0 Å². The van der Waals surface area contributed by atoms with Gasteiger partial charge in [0.1, 0.15) is 5.82 Å². The minimum Gasteiger partial charge on any atom is -0.452 e. The molecule has 9 heteroatoms. The Hall–Kier alpha value is -3.04. The SMILES string of the molecule is Cc1ccc(NC(=O)COC(=O)C=Cc2cccc(F)c2)cc1S(=O)(=O)N1CCCCCC1. The zero-order valence-electron chi connectivity index (χ0n) is 18.4. The van der Waals surface area contributed by atoms with E-state index in [9.17, 15) is 22.4 Å². The van der Waals surface area contributed by atoms with E-state index in [2.05, 4.69) is 5.32 Å². The zero-order chi connectivity index (χ0) is 23.8. The highest BCUT2D eigenvalue weighted by Crippen LogP contribution is 2.25. The summed E-state index contributed by atoms with van der Waals surface area (Å²) in [6.45, 7) is 2.13. The molecule has 2 aromatic rings. The number of esters is 1. The quantitative estimate of drug-likeness (QED) is 0.485. The number of carbonyl (C=O) groups is 2. The van der Waals surface area contributed by atoms with Crippen molar-refractivity contribution in [3.8, 4) is 0 Å². The average Bonchev–Trinajstić information content (AvgIpc) is 3.08. The number of carbonyl (C=O) groups excluding carboxylic acids is 2. The third-order valence-electron chi connectivity index (χ3n) is 5.26. The predicted octanol–water partition coefficient (Wildman–Crippen LogP) is 3.89. The highest BCUT2D eigenvalue weighted by atomic mass is 32.2. The number of halogens is 1. The Kier molecular flexibility index (Phi) is 8.35. The van der Waals surface area contributed by atoms with Crippen molar-refractivity contribution < 1.29 is 27.1 Å². The van der Waals surface area contributed by atoms with Crippen molar-refractivity contribution in [1.82, 2.24) is 4.31 Å². The van der Waals surface area contributed by atoms with Gasteiger partial charge in [-0.25, -0.2) is 17.6 Å². The summed E-state index contributed by atoms with van der Waals surface area (Å²) in [6, 6.07) is 10.3. The number of rotatable bonds is 7. The smallest absolute Gasteiger partial charge is 0.331 e. The highest BCUT2D eigenvalue weighted by Gasteiger charge is 2.27. The molecule has 1 amide bonds. The van der Waals surface area contributed by atoms with Crippen LogP contribution in [-0.4, -0.2) is 44.3 Å². The minimum atomic E-state index is -3.68. The first kappa shape index (κ1) is 24.6. The van der Waals surface area contributed by atoms with Gasteiger partial charge in [0.15, 0.2) is 6.61 Å². The topological polar surface area (TPSA) is 92.8 Å². The second-order valence-corrected chi connectivity index (χ2v) is 9.75. The van der Waals surface area contributed by atoms with Gasteiger partial charge in [0.05, 0.1) is 4.90 Å². The lowest BCUT2D eigenvalue weighted by Gasteiger charge is -2.21. The summed E-state index contributed by atoms with van der Waals surface area (Å²) in [7, 11) is -3.68. The fourth-order valence-corrected chi connectivity index (χ4v) is 5.30. The summed E-state index contributed by atoms with van der Waals surface area (Å²) in [5.41, 5.74) is 1.37. The van der Waals surface area contributed by atoms with Gasteiger partial charge in [-0.05, 0) is 61.2 Å². The van der Waals surface area contributed by atoms with Crippen molar-refractivity contribution in [3.05, 3.63) is 65.5 Å². The Bertz CT molecular complexity index is 1140. The first-order valence-corrected chi connectivity index (χ1v) is 12.2. The minimum absolute atomic E-state index is 0.150. The number of hydrogen-bond donors (Lipinski definition) is 1. The van der Waals surface area contributed by atoms with Crippen molar-refractivity contribution in [2.24, 2.45) is 0 Å². The number of hydrogen-bond acceptors (Lipinski definition) is 5. The van der Waals surface area contributed by atoms with E-state index in [1.807, 2.05) is 0 Å². The Labute approximate surface area is 193 Å². The average molecular weight is 475 g/mol. The van der Waals surface area contributed by atoms with Crippen molar-refractivity contribution in [2.75, 3.05) is 25.0 Å². The maximum Gasteiger partial charge on any atom is 0.331 e. The number of anilines is 1. The Morgan fingerprint density at radius 2 is 1.82 bits per heavy atom. The first-order valence-electron chi connectivity index (χ1n) is 10.8. The number of ether oxygens (including phenoxy) is 1. The van der Waals surface area contributed by atoms with E-state index in [-0.39, 0.29) is 4.90 Å². The third kappa shape index (κ3) is 6.97. The van der Waals surface area contributed by atoms with Crippen LogP contribution in [0.1, 0.15) is 36.8 Å². The number of nitrogens with zero attached hydrogens (tertiary/aromatic N) is 1. The van der Waals surface area contributed by atoms with Crippen LogP contribution in [-0.2, 0) is 24.3 Å². The molecule has 3 rings (SSSR count). The van der Waals surface area contributed by atoms with Crippen LogP contribution in [0.3, 0.4) is 0 Å². The molecule has 33 heavy (non-hydrogen) atoms. The fourth-order valence-electron chi connectivity index (χ4n) is 3.53. The number of sulfonamides is 1. The summed E-state index contributed by atoms with van der Waals surface area (Å²) < 4.78 is 45.8. The number of aryl methyl sites for hydroxylation is 1. The van der Waals surface area contributed by atoms with Crippen LogP contribution in [0.2, 0.25) is 0 Å². The Balaban J connectivity index is 1.60. The van der Waals surface area contributed by atoms with Crippen LogP contribution in [0.15, 0.2) is 53.4 Å². The van der Waals surface area contributed by atoms with Crippen molar-refractivity contribution in [2.45, 2.75) is 37.5 Å². The van der Waals surface area contributed by atoms with Gasteiger partial charge in [-0.2, -0.15) is 4.31 Å². The van der Waals surface area contributed by atoms with Gasteiger partial charge in [0.25, 0.3) is 5.91 Å². The van der Waals surface area contributed by atoms with E-state index in [1.54, 1.807) is 25.1 Å². The van der Waals surface area contributed by atoms with Crippen molar-refractivity contribution in [1.29, 1.82) is 0 Å². The fraction of sp³-hybridized carbons (Fsp3) is 0.333. The highest BCUT2D eigenvalue weighted by molar-refractivity contribution is 7.89. The molecule has 1 heterocycles. The summed E-state index contributed by atoms with van der Waals surface area (Å²) in [4.78, 5) is 24.2. The molecule has 2 aromatic carbocycles. The molecule has 7 nitrogen and oxygen atoms in total. The second kappa shape index (κ2) is 11.2. The van der Waals surface area contributed by atoms with Crippen LogP contribution >= 0.6 is 0 Å². The van der Waals surface area contributed by atoms with Gasteiger partial charge in [0.2, 0.25) is 10.0 Å². The van der Waals surface area contributed by atoms with E-state index in [1.165, 1.54) is 34.6 Å². The lowest BCUT2D eigenvalue weighted by Crippen LogP contribution is -2.32. The van der Waals surface area contributed by atoms with Crippen LogP contribution in [0.4, 0.5) is 10.1 Å². The Morgan fingerprint density at radius 1 is 1.09 bits per heavy atom. The normalized spacial score (nSPS) is 15.2. The number of benzene rings is 2. The monoisotopic (exact) mass is 474 g/mol. The van der Waals surface area contributed by atoms with Gasteiger partial charge in [-0.3, -0.25) is 4.79 Å². The summed E-state index contributed by atoms with van der Waals surface area (Å²) in [5, 5.41) is 2.56. The van der Waals surface area contributed by atoms with Gasteiger partial charge in [0, 0.05) is 24.9 Å². The molecular formula is C24H27FN2O5S. The summed E-state index contributed by atoms with van der Waals surface area (Å²) in [6.07, 6.45) is 6.15. The molecule has 0 aromatic heterocycles. The standard InChI is InChI=1S/C24H27FN2O5S/c1-18-9-11-21(16-22(18)33(30,31)27-13-4-2-3-5-14-27)26-23(28)17-32-24(29)12-10-19-7-6-8-20(25)15-19/h6-12,15-16H,2-5,13-14,17H2,1H3,(H,26,28). The molecule has 0 radical (unpaired) electrons. The summed E-state index contributed by atoms with van der Waals surface area (Å²) in [5.74, 6) is -1.80.